The number of phosphoric ester groups is 1. The van der Waals surface area contributed by atoms with Crippen molar-refractivity contribution in [1.82, 2.24) is 0 Å². The Balaban J connectivity index is 4.00. The van der Waals surface area contributed by atoms with Crippen molar-refractivity contribution in [1.29, 1.82) is 0 Å². The van der Waals surface area contributed by atoms with Crippen molar-refractivity contribution in [2.24, 2.45) is 5.73 Å². The number of nitrogens with two attached hydrogens (primary N) is 1. The van der Waals surface area contributed by atoms with E-state index in [0.29, 0.717) is 6.42 Å². The molecule has 0 amide bonds. The number of phosphoric acid groups is 1. The second kappa shape index (κ2) is 56.7. The third-order valence-corrected chi connectivity index (χ3v) is 13.5. The molecule has 0 aliphatic carbocycles. The molecule has 0 saturated heterocycles. The third-order valence-electron chi connectivity index (χ3n) is 12.6. The largest absolute Gasteiger partial charge is 0.472 e. The second-order valence-electron chi connectivity index (χ2n) is 19.5. The Hall–Kier alpha value is -2.55. The number of carbonyl (C=O) groups is 2. The summed E-state index contributed by atoms with van der Waals surface area (Å²) in [5.74, 6) is -0.834. The van der Waals surface area contributed by atoms with Crippen molar-refractivity contribution in [3.8, 4) is 0 Å². The minimum atomic E-state index is -4.39. The number of ether oxygens (including phenoxy) is 2. The number of hydrogen-bond acceptors (Lipinski definition) is 8. The zero-order chi connectivity index (χ0) is 51.7. The highest BCUT2D eigenvalue weighted by atomic mass is 31.2. The second-order valence-corrected chi connectivity index (χ2v) is 21.0. The van der Waals surface area contributed by atoms with Crippen LogP contribution in [0.3, 0.4) is 0 Å². The number of esters is 2. The van der Waals surface area contributed by atoms with Crippen LogP contribution in [0.2, 0.25) is 0 Å². The van der Waals surface area contributed by atoms with Crippen LogP contribution in [-0.2, 0) is 32.7 Å². The zero-order valence-corrected chi connectivity index (χ0v) is 46.8. The molecule has 0 aromatic carbocycles. The van der Waals surface area contributed by atoms with Gasteiger partial charge in [-0.25, -0.2) is 4.57 Å². The van der Waals surface area contributed by atoms with Gasteiger partial charge < -0.3 is 20.1 Å². The highest BCUT2D eigenvalue weighted by Crippen LogP contribution is 2.43. The van der Waals surface area contributed by atoms with Crippen LogP contribution in [0, 0.1) is 0 Å². The van der Waals surface area contributed by atoms with Gasteiger partial charge >= 0.3 is 19.8 Å². The van der Waals surface area contributed by atoms with Crippen LogP contribution in [0.4, 0.5) is 0 Å². The molecule has 0 aromatic heterocycles. The van der Waals surface area contributed by atoms with Crippen molar-refractivity contribution < 1.29 is 37.6 Å². The molecule has 0 bridgehead atoms. The van der Waals surface area contributed by atoms with Gasteiger partial charge in [-0.1, -0.05) is 241 Å². The first-order chi connectivity index (χ1) is 34.8. The number of allylic oxidation sites excluding steroid dienone is 12. The number of unbranched alkanes of at least 4 members (excludes halogenated alkanes) is 30. The molecule has 0 aromatic rings. The summed E-state index contributed by atoms with van der Waals surface area (Å²) in [4.78, 5) is 35.2. The van der Waals surface area contributed by atoms with Gasteiger partial charge in [-0.05, 0) is 89.9 Å². The summed E-state index contributed by atoms with van der Waals surface area (Å²) in [7, 11) is -4.39. The quantitative estimate of drug-likeness (QED) is 0.0264. The van der Waals surface area contributed by atoms with Gasteiger partial charge in [0, 0.05) is 19.4 Å². The van der Waals surface area contributed by atoms with Gasteiger partial charge in [0.1, 0.15) is 6.61 Å². The molecule has 0 rings (SSSR count). The Morgan fingerprint density at radius 2 is 0.732 bits per heavy atom. The number of rotatable bonds is 55. The van der Waals surface area contributed by atoms with E-state index >= 15 is 0 Å². The Bertz CT molecular complexity index is 1390. The molecule has 0 saturated carbocycles. The summed E-state index contributed by atoms with van der Waals surface area (Å²) in [6.45, 7) is 3.73. The minimum absolute atomic E-state index is 0.0495. The van der Waals surface area contributed by atoms with Gasteiger partial charge in [-0.3, -0.25) is 18.6 Å². The van der Waals surface area contributed by atoms with Crippen LogP contribution in [0.1, 0.15) is 271 Å². The molecule has 10 heteroatoms. The lowest BCUT2D eigenvalue weighted by Gasteiger charge is -2.19. The Labute approximate surface area is 437 Å². The smallest absolute Gasteiger partial charge is 0.462 e. The number of carbonyl (C=O) groups excluding carboxylic acids is 2. The minimum Gasteiger partial charge on any atom is -0.462 e. The molecule has 0 spiro atoms. The molecule has 0 fully saturated rings. The lowest BCUT2D eigenvalue weighted by Crippen LogP contribution is -2.29. The topological polar surface area (TPSA) is 134 Å². The highest BCUT2D eigenvalue weighted by molar-refractivity contribution is 7.47. The Morgan fingerprint density at radius 3 is 1.08 bits per heavy atom. The van der Waals surface area contributed by atoms with Gasteiger partial charge in [-0.15, -0.1) is 0 Å². The average Bonchev–Trinajstić information content (AvgIpc) is 3.36. The van der Waals surface area contributed by atoms with E-state index in [4.69, 9.17) is 24.3 Å². The normalized spacial score (nSPS) is 13.6. The van der Waals surface area contributed by atoms with E-state index in [2.05, 4.69) is 86.8 Å². The van der Waals surface area contributed by atoms with Gasteiger partial charge in [0.25, 0.3) is 0 Å². The van der Waals surface area contributed by atoms with E-state index in [0.717, 1.165) is 77.0 Å². The van der Waals surface area contributed by atoms with Gasteiger partial charge in [0.05, 0.1) is 13.2 Å². The average molecular weight is 1020 g/mol. The maximum Gasteiger partial charge on any atom is 0.472 e. The van der Waals surface area contributed by atoms with Crippen LogP contribution < -0.4 is 5.73 Å². The lowest BCUT2D eigenvalue weighted by atomic mass is 10.0. The summed E-state index contributed by atoms with van der Waals surface area (Å²) >= 11 is 0. The molecule has 0 aliphatic rings. The van der Waals surface area contributed by atoms with E-state index in [-0.39, 0.29) is 38.6 Å². The summed E-state index contributed by atoms with van der Waals surface area (Å²) in [5, 5.41) is 0. The molecule has 0 heterocycles. The van der Waals surface area contributed by atoms with E-state index in [9.17, 15) is 19.0 Å². The maximum atomic E-state index is 12.7. The van der Waals surface area contributed by atoms with Crippen molar-refractivity contribution in [2.75, 3.05) is 26.4 Å². The van der Waals surface area contributed by atoms with E-state index < -0.39 is 26.5 Å². The third kappa shape index (κ3) is 56.6. The summed E-state index contributed by atoms with van der Waals surface area (Å²) in [6.07, 6.45) is 72.3. The molecule has 0 radical (unpaired) electrons. The fourth-order valence-corrected chi connectivity index (χ4v) is 8.95. The first kappa shape index (κ1) is 68.5. The molecule has 2 unspecified atom stereocenters. The summed E-state index contributed by atoms with van der Waals surface area (Å²) < 4.78 is 33.0. The maximum absolute atomic E-state index is 12.7. The highest BCUT2D eigenvalue weighted by Gasteiger charge is 2.26. The van der Waals surface area contributed by atoms with Crippen LogP contribution >= 0.6 is 7.82 Å². The molecule has 412 valence electrons. The number of hydrogen-bond donors (Lipinski definition) is 2. The summed E-state index contributed by atoms with van der Waals surface area (Å²) in [5.41, 5.74) is 5.38. The van der Waals surface area contributed by atoms with Gasteiger partial charge in [0.15, 0.2) is 6.10 Å². The van der Waals surface area contributed by atoms with E-state index in [1.54, 1.807) is 0 Å². The molecular weight excluding hydrogens is 906 g/mol. The molecule has 0 aliphatic heterocycles. The molecule has 3 N–H and O–H groups in total. The van der Waals surface area contributed by atoms with Crippen LogP contribution in [0.15, 0.2) is 72.9 Å². The molecular formula is C61H110NO8P. The first-order valence-electron chi connectivity index (χ1n) is 29.4. The van der Waals surface area contributed by atoms with Crippen LogP contribution in [0.25, 0.3) is 0 Å². The molecule has 2 atom stereocenters. The van der Waals surface area contributed by atoms with E-state index in [1.165, 1.54) is 161 Å². The zero-order valence-electron chi connectivity index (χ0n) is 45.9. The fraction of sp³-hybridized carbons (Fsp3) is 0.770. The van der Waals surface area contributed by atoms with Crippen molar-refractivity contribution in [2.45, 2.75) is 277 Å². The van der Waals surface area contributed by atoms with Crippen LogP contribution in [0.5, 0.6) is 0 Å². The van der Waals surface area contributed by atoms with Crippen molar-refractivity contribution in [3.63, 3.8) is 0 Å². The molecule has 71 heavy (non-hydrogen) atoms. The molecule has 9 nitrogen and oxygen atoms in total. The predicted octanol–water partition coefficient (Wildman–Crippen LogP) is 18.5. The Kier molecular flexibility index (Phi) is 54.7. The first-order valence-corrected chi connectivity index (χ1v) is 30.9. The van der Waals surface area contributed by atoms with Gasteiger partial charge in [-0.2, -0.15) is 0 Å². The monoisotopic (exact) mass is 1020 g/mol. The van der Waals surface area contributed by atoms with Crippen LogP contribution in [-0.4, -0.2) is 49.3 Å². The summed E-state index contributed by atoms with van der Waals surface area (Å²) in [6, 6.07) is 0. The van der Waals surface area contributed by atoms with Crippen molar-refractivity contribution in [3.05, 3.63) is 72.9 Å². The van der Waals surface area contributed by atoms with E-state index in [1.807, 2.05) is 0 Å². The SMILES string of the molecule is CCCCCCC/C=C\C/C=C\C/C=C\CCCCCCCCCCCCCCC(=O)OC(COC(=O)CCCCCCCCCC/C=C\C/C=C\C/C=C\CCCCCCC)COP(=O)(O)OCCN. The lowest BCUT2D eigenvalue weighted by molar-refractivity contribution is -0.161. The predicted molar refractivity (Wildman–Crippen MR) is 302 cm³/mol. The standard InChI is InChI=1S/C61H110NO8P/c1-3-5-7-9-11-13-15-17-19-21-23-25-27-28-29-30-32-34-36-38-40-42-44-46-48-50-52-54-61(64)70-59(58-69-71(65,66)68-56-55-62)57-67-60(63)53-51-49-47-45-43-41-39-37-35-33-31-26-24-22-20-18-16-14-12-10-8-6-4-2/h15-18,21-24,27-28,31,33,59H,3-14,19-20,25-26,29-30,32,34-58,62H2,1-2H3,(H,65,66)/b17-15-,18-16-,23-21-,24-22-,28-27-,33-31-. The van der Waals surface area contributed by atoms with Gasteiger partial charge in [0.2, 0.25) is 0 Å². The fourth-order valence-electron chi connectivity index (χ4n) is 8.18. The van der Waals surface area contributed by atoms with Crippen molar-refractivity contribution >= 4 is 19.8 Å². The Morgan fingerprint density at radius 1 is 0.423 bits per heavy atom.